The van der Waals surface area contributed by atoms with Gasteiger partial charge in [-0.3, -0.25) is 5.32 Å². The zero-order valence-electron chi connectivity index (χ0n) is 9.51. The van der Waals surface area contributed by atoms with Crippen molar-refractivity contribution in [3.8, 4) is 0 Å². The molecule has 1 rings (SSSR count). The third-order valence-corrected chi connectivity index (χ3v) is 3.04. The number of aliphatic hydroxyl groups is 1. The number of carbonyl (C=O) groups excluding carboxylic acids is 1. The van der Waals surface area contributed by atoms with Gasteiger partial charge >= 0.3 is 6.09 Å². The molecule has 18 heavy (non-hydrogen) atoms. The minimum atomic E-state index is -3.49. The summed E-state index contributed by atoms with van der Waals surface area (Å²) in [5.41, 5.74) is -0.305. The lowest BCUT2D eigenvalue weighted by Crippen LogP contribution is -2.17. The number of anilines is 1. The Morgan fingerprint density at radius 3 is 2.72 bits per heavy atom. The number of hydrogen-bond acceptors (Lipinski definition) is 5. The summed E-state index contributed by atoms with van der Waals surface area (Å²) in [7, 11) is -3.49. The van der Waals surface area contributed by atoms with Crippen LogP contribution in [0.4, 0.5) is 14.9 Å². The highest BCUT2D eigenvalue weighted by atomic mass is 32.2. The summed E-state index contributed by atoms with van der Waals surface area (Å²) in [6.07, 6.45) is -0.0118. The molecule has 2 N–H and O–H groups in total. The van der Waals surface area contributed by atoms with Crippen LogP contribution in [-0.2, 0) is 14.6 Å². The van der Waals surface area contributed by atoms with Crippen LogP contribution in [0.25, 0.3) is 0 Å². The number of rotatable bonds is 4. The van der Waals surface area contributed by atoms with Crippen LogP contribution in [0.3, 0.4) is 0 Å². The minimum absolute atomic E-state index is 0.124. The first-order valence-electron chi connectivity index (χ1n) is 4.89. The highest BCUT2D eigenvalue weighted by Gasteiger charge is 2.13. The van der Waals surface area contributed by atoms with E-state index < -0.39 is 21.7 Å². The molecular formula is C10H12FNO5S. The van der Waals surface area contributed by atoms with E-state index >= 15 is 0 Å². The van der Waals surface area contributed by atoms with E-state index in [0.717, 1.165) is 24.5 Å². The number of sulfone groups is 1. The number of aliphatic hydroxyl groups excluding tert-OH is 1. The van der Waals surface area contributed by atoms with Crippen molar-refractivity contribution >= 4 is 21.6 Å². The number of amides is 1. The fourth-order valence-electron chi connectivity index (χ4n) is 1.12. The Morgan fingerprint density at radius 2 is 2.17 bits per heavy atom. The lowest BCUT2D eigenvalue weighted by Gasteiger charge is -2.08. The summed E-state index contributed by atoms with van der Waals surface area (Å²) in [4.78, 5) is 11.0. The quantitative estimate of drug-likeness (QED) is 0.793. The maximum Gasteiger partial charge on any atom is 0.411 e. The van der Waals surface area contributed by atoms with Gasteiger partial charge in [0, 0.05) is 6.26 Å². The van der Waals surface area contributed by atoms with E-state index in [1.807, 2.05) is 5.32 Å². The zero-order chi connectivity index (χ0) is 13.8. The van der Waals surface area contributed by atoms with Crippen LogP contribution in [0, 0.1) is 5.82 Å². The SMILES string of the molecule is CS(=O)(=O)c1ccc(F)c(NC(=O)OCCO)c1. The second kappa shape index (κ2) is 5.78. The van der Waals surface area contributed by atoms with Gasteiger partial charge in [-0.15, -0.1) is 0 Å². The normalized spacial score (nSPS) is 11.1. The molecule has 0 fully saturated rings. The minimum Gasteiger partial charge on any atom is -0.447 e. The first-order valence-corrected chi connectivity index (χ1v) is 6.78. The van der Waals surface area contributed by atoms with Crippen LogP contribution in [0.5, 0.6) is 0 Å². The average molecular weight is 277 g/mol. The molecule has 0 bridgehead atoms. The van der Waals surface area contributed by atoms with E-state index in [2.05, 4.69) is 4.74 Å². The molecule has 0 aliphatic rings. The highest BCUT2D eigenvalue weighted by molar-refractivity contribution is 7.90. The van der Waals surface area contributed by atoms with Crippen LogP contribution in [0.1, 0.15) is 0 Å². The largest absolute Gasteiger partial charge is 0.447 e. The van der Waals surface area contributed by atoms with Gasteiger partial charge in [-0.05, 0) is 18.2 Å². The molecule has 0 aliphatic carbocycles. The topological polar surface area (TPSA) is 92.7 Å². The molecule has 0 saturated heterocycles. The van der Waals surface area contributed by atoms with Crippen molar-refractivity contribution < 1.29 is 27.4 Å². The van der Waals surface area contributed by atoms with Gasteiger partial charge in [-0.1, -0.05) is 0 Å². The van der Waals surface area contributed by atoms with Crippen molar-refractivity contribution in [1.82, 2.24) is 0 Å². The number of benzene rings is 1. The molecule has 1 amide bonds. The van der Waals surface area contributed by atoms with Crippen molar-refractivity contribution in [2.45, 2.75) is 4.90 Å². The maximum atomic E-state index is 13.3. The first kappa shape index (κ1) is 14.4. The van der Waals surface area contributed by atoms with E-state index in [1.54, 1.807) is 0 Å². The van der Waals surface area contributed by atoms with Crippen molar-refractivity contribution in [2.24, 2.45) is 0 Å². The van der Waals surface area contributed by atoms with Gasteiger partial charge < -0.3 is 9.84 Å². The Labute approximate surface area is 103 Å². The number of halogens is 1. The molecule has 0 spiro atoms. The number of ether oxygens (including phenoxy) is 1. The third-order valence-electron chi connectivity index (χ3n) is 1.93. The smallest absolute Gasteiger partial charge is 0.411 e. The second-order valence-electron chi connectivity index (χ2n) is 3.40. The van der Waals surface area contributed by atoms with E-state index in [1.165, 1.54) is 0 Å². The molecule has 6 nitrogen and oxygen atoms in total. The van der Waals surface area contributed by atoms with Crippen LogP contribution in [0.2, 0.25) is 0 Å². The third kappa shape index (κ3) is 3.97. The standard InChI is InChI=1S/C10H12FNO5S/c1-18(15,16)7-2-3-8(11)9(6-7)12-10(14)17-5-4-13/h2-3,6,13H,4-5H2,1H3,(H,12,14). The van der Waals surface area contributed by atoms with Gasteiger partial charge in [0.25, 0.3) is 0 Å². The van der Waals surface area contributed by atoms with Crippen LogP contribution in [0.15, 0.2) is 23.1 Å². The Hall–Kier alpha value is -1.67. The molecule has 1 aromatic rings. The summed E-state index contributed by atoms with van der Waals surface area (Å²) >= 11 is 0. The number of nitrogens with one attached hydrogen (secondary N) is 1. The summed E-state index contributed by atoms with van der Waals surface area (Å²) in [6.45, 7) is -0.599. The molecule has 100 valence electrons. The molecule has 8 heteroatoms. The summed E-state index contributed by atoms with van der Waals surface area (Å²) in [6, 6.07) is 3.01. The van der Waals surface area contributed by atoms with Gasteiger partial charge in [-0.25, -0.2) is 17.6 Å². The van der Waals surface area contributed by atoms with Crippen molar-refractivity contribution in [1.29, 1.82) is 0 Å². The predicted octanol–water partition coefficient (Wildman–Crippen LogP) is 0.770. The van der Waals surface area contributed by atoms with Crippen LogP contribution in [-0.4, -0.2) is 39.1 Å². The maximum absolute atomic E-state index is 13.3. The molecule has 0 heterocycles. The Balaban J connectivity index is 2.92. The summed E-state index contributed by atoms with van der Waals surface area (Å²) in [5, 5.41) is 10.5. The lowest BCUT2D eigenvalue weighted by atomic mass is 10.3. The highest BCUT2D eigenvalue weighted by Crippen LogP contribution is 2.19. The molecule has 0 saturated carbocycles. The molecular weight excluding hydrogens is 265 g/mol. The van der Waals surface area contributed by atoms with E-state index in [9.17, 15) is 17.6 Å². The number of carbonyl (C=O) groups is 1. The van der Waals surface area contributed by atoms with Crippen LogP contribution < -0.4 is 5.32 Å². The van der Waals surface area contributed by atoms with Gasteiger partial charge in [0.15, 0.2) is 9.84 Å². The molecule has 0 aliphatic heterocycles. The summed E-state index contributed by atoms with van der Waals surface area (Å²) < 4.78 is 40.3. The zero-order valence-corrected chi connectivity index (χ0v) is 10.3. The van der Waals surface area contributed by atoms with Crippen molar-refractivity contribution in [2.75, 3.05) is 24.8 Å². The average Bonchev–Trinajstić information content (AvgIpc) is 2.28. The van der Waals surface area contributed by atoms with Crippen LogP contribution >= 0.6 is 0 Å². The van der Waals surface area contributed by atoms with Crippen molar-refractivity contribution in [3.05, 3.63) is 24.0 Å². The van der Waals surface area contributed by atoms with Crippen molar-refractivity contribution in [3.63, 3.8) is 0 Å². The monoisotopic (exact) mass is 277 g/mol. The Kier molecular flexibility index (Phi) is 4.62. The van der Waals surface area contributed by atoms with Gasteiger partial charge in [-0.2, -0.15) is 0 Å². The first-order chi connectivity index (χ1) is 8.34. The Morgan fingerprint density at radius 1 is 1.50 bits per heavy atom. The van der Waals surface area contributed by atoms with Gasteiger partial charge in [0.2, 0.25) is 0 Å². The van der Waals surface area contributed by atoms with E-state index in [-0.39, 0.29) is 23.8 Å². The van der Waals surface area contributed by atoms with E-state index in [0.29, 0.717) is 0 Å². The number of hydrogen-bond donors (Lipinski definition) is 2. The predicted molar refractivity (Wildman–Crippen MR) is 61.6 cm³/mol. The fraction of sp³-hybridized carbons (Fsp3) is 0.300. The van der Waals surface area contributed by atoms with Gasteiger partial charge in [0.05, 0.1) is 17.2 Å². The van der Waals surface area contributed by atoms with Gasteiger partial charge in [0.1, 0.15) is 12.4 Å². The fourth-order valence-corrected chi connectivity index (χ4v) is 1.76. The summed E-state index contributed by atoms with van der Waals surface area (Å²) in [5.74, 6) is -0.789. The second-order valence-corrected chi connectivity index (χ2v) is 5.41. The molecule has 0 unspecified atom stereocenters. The lowest BCUT2D eigenvalue weighted by molar-refractivity contribution is 0.131. The molecule has 1 aromatic carbocycles. The molecule has 0 radical (unpaired) electrons. The van der Waals surface area contributed by atoms with E-state index in [4.69, 9.17) is 5.11 Å². The molecule has 0 atom stereocenters. The molecule has 0 aromatic heterocycles. The Bertz CT molecular complexity index is 543.